The zero-order chi connectivity index (χ0) is 14.8. The van der Waals surface area contributed by atoms with E-state index >= 15 is 0 Å². The van der Waals surface area contributed by atoms with Crippen molar-refractivity contribution in [3.63, 3.8) is 0 Å². The van der Waals surface area contributed by atoms with Crippen molar-refractivity contribution in [3.8, 4) is 0 Å². The number of nitrogens with zero attached hydrogens (tertiary/aromatic N) is 2. The molecule has 1 aromatic rings. The molecular formula is C16H23Cl2N3. The summed E-state index contributed by atoms with van der Waals surface area (Å²) in [6.07, 6.45) is 5.26. The molecule has 0 bridgehead atoms. The molecular weight excluding hydrogens is 305 g/mol. The molecule has 1 N–H and O–H groups in total. The highest BCUT2D eigenvalue weighted by molar-refractivity contribution is 6.35. The van der Waals surface area contributed by atoms with Crippen molar-refractivity contribution >= 4 is 23.2 Å². The van der Waals surface area contributed by atoms with E-state index in [1.54, 1.807) is 0 Å². The van der Waals surface area contributed by atoms with Crippen LogP contribution in [0, 0.1) is 12.8 Å². The second-order valence-corrected chi connectivity index (χ2v) is 7.18. The van der Waals surface area contributed by atoms with Gasteiger partial charge in [0.2, 0.25) is 0 Å². The maximum atomic E-state index is 6.31. The molecule has 2 fully saturated rings. The van der Waals surface area contributed by atoms with Crippen molar-refractivity contribution in [1.82, 2.24) is 15.2 Å². The lowest BCUT2D eigenvalue weighted by atomic mass is 10.0. The summed E-state index contributed by atoms with van der Waals surface area (Å²) < 4.78 is 0. The van der Waals surface area contributed by atoms with E-state index in [1.165, 1.54) is 32.2 Å². The van der Waals surface area contributed by atoms with E-state index in [9.17, 15) is 0 Å². The first-order valence-corrected chi connectivity index (χ1v) is 8.64. The molecule has 0 radical (unpaired) electrons. The van der Waals surface area contributed by atoms with Crippen LogP contribution in [0.1, 0.15) is 36.9 Å². The molecule has 5 heteroatoms. The molecule has 0 unspecified atom stereocenters. The number of aryl methyl sites for hydroxylation is 1. The number of hydrogen-bond acceptors (Lipinski definition) is 3. The highest BCUT2D eigenvalue weighted by atomic mass is 35.5. The molecule has 1 aliphatic heterocycles. The third kappa shape index (κ3) is 4.32. The van der Waals surface area contributed by atoms with Crippen LogP contribution in [0.15, 0.2) is 6.07 Å². The number of hydrogen-bond donors (Lipinski definition) is 1. The maximum Gasteiger partial charge on any atom is 0.135 e. The number of likely N-dealkylation sites (tertiary alicyclic amines) is 1. The first-order valence-electron chi connectivity index (χ1n) is 7.89. The first kappa shape index (κ1) is 15.5. The Morgan fingerprint density at radius 3 is 2.57 bits per heavy atom. The third-order valence-corrected chi connectivity index (χ3v) is 5.16. The van der Waals surface area contributed by atoms with Crippen molar-refractivity contribution < 1.29 is 0 Å². The molecule has 1 saturated heterocycles. The van der Waals surface area contributed by atoms with Gasteiger partial charge < -0.3 is 5.32 Å². The predicted octanol–water partition coefficient (Wildman–Crippen LogP) is 3.66. The predicted molar refractivity (Wildman–Crippen MR) is 88.0 cm³/mol. The Morgan fingerprint density at radius 1 is 1.24 bits per heavy atom. The lowest BCUT2D eigenvalue weighted by Crippen LogP contribution is -2.42. The van der Waals surface area contributed by atoms with Crippen LogP contribution in [0.4, 0.5) is 0 Å². The molecule has 3 rings (SSSR count). The van der Waals surface area contributed by atoms with Gasteiger partial charge in [0, 0.05) is 28.9 Å². The van der Waals surface area contributed by atoms with Crippen LogP contribution in [0.3, 0.4) is 0 Å². The van der Waals surface area contributed by atoms with E-state index in [2.05, 4.69) is 15.2 Å². The van der Waals surface area contributed by atoms with Gasteiger partial charge in [0.25, 0.3) is 0 Å². The van der Waals surface area contributed by atoms with Crippen molar-refractivity contribution in [2.75, 3.05) is 19.6 Å². The maximum absolute atomic E-state index is 6.31. The Labute approximate surface area is 137 Å². The summed E-state index contributed by atoms with van der Waals surface area (Å²) in [5, 5.41) is 4.99. The van der Waals surface area contributed by atoms with Crippen LogP contribution in [0.5, 0.6) is 0 Å². The van der Waals surface area contributed by atoms with Gasteiger partial charge in [-0.15, -0.1) is 0 Å². The molecule has 0 aromatic carbocycles. The monoisotopic (exact) mass is 327 g/mol. The highest BCUT2D eigenvalue weighted by Gasteiger charge is 2.25. The minimum atomic E-state index is 0.550. The zero-order valence-electron chi connectivity index (χ0n) is 12.5. The molecule has 116 valence electrons. The normalized spacial score (nSPS) is 20.9. The minimum absolute atomic E-state index is 0.550. The van der Waals surface area contributed by atoms with Gasteiger partial charge in [-0.3, -0.25) is 4.90 Å². The average molecular weight is 328 g/mol. The Kier molecular flexibility index (Phi) is 5.05. The summed E-state index contributed by atoms with van der Waals surface area (Å²) in [6, 6.07) is 2.58. The lowest BCUT2D eigenvalue weighted by Gasteiger charge is -2.32. The van der Waals surface area contributed by atoms with E-state index < -0.39 is 0 Å². The zero-order valence-corrected chi connectivity index (χ0v) is 14.1. The fourth-order valence-electron chi connectivity index (χ4n) is 2.94. The molecule has 21 heavy (non-hydrogen) atoms. The number of nitrogens with one attached hydrogen (secondary N) is 1. The molecule has 2 heterocycles. The van der Waals surface area contributed by atoms with Crippen LogP contribution < -0.4 is 5.32 Å². The van der Waals surface area contributed by atoms with Crippen molar-refractivity contribution in [2.45, 2.75) is 45.2 Å². The Bertz CT molecular complexity index is 471. The van der Waals surface area contributed by atoms with E-state index in [-0.39, 0.29) is 0 Å². The molecule has 1 aliphatic carbocycles. The van der Waals surface area contributed by atoms with Crippen LogP contribution in [0.25, 0.3) is 0 Å². The van der Waals surface area contributed by atoms with Crippen molar-refractivity contribution in [3.05, 3.63) is 27.5 Å². The van der Waals surface area contributed by atoms with Gasteiger partial charge in [-0.25, -0.2) is 4.98 Å². The lowest BCUT2D eigenvalue weighted by molar-refractivity contribution is 0.190. The second kappa shape index (κ2) is 6.82. The highest BCUT2D eigenvalue weighted by Crippen LogP contribution is 2.29. The van der Waals surface area contributed by atoms with Crippen LogP contribution in [-0.2, 0) is 6.54 Å². The van der Waals surface area contributed by atoms with Crippen LogP contribution >= 0.6 is 23.2 Å². The Balaban J connectivity index is 1.50. The molecule has 1 aromatic heterocycles. The van der Waals surface area contributed by atoms with Gasteiger partial charge in [-0.2, -0.15) is 0 Å². The van der Waals surface area contributed by atoms with Gasteiger partial charge in [0.15, 0.2) is 0 Å². The van der Waals surface area contributed by atoms with Gasteiger partial charge in [0.05, 0.1) is 0 Å². The number of aromatic nitrogens is 1. The van der Waals surface area contributed by atoms with Crippen molar-refractivity contribution in [2.24, 2.45) is 5.92 Å². The van der Waals surface area contributed by atoms with Crippen molar-refractivity contribution in [1.29, 1.82) is 0 Å². The molecule has 0 atom stereocenters. The smallest absolute Gasteiger partial charge is 0.135 e. The number of rotatable bonds is 5. The van der Waals surface area contributed by atoms with E-state index in [1.807, 2.05) is 13.0 Å². The number of pyridine rings is 1. The SMILES string of the molecule is Cc1cc(Cl)c(CN2CCC(NCC3CC3)CC2)c(Cl)n1. The topological polar surface area (TPSA) is 28.2 Å². The number of piperidine rings is 1. The molecule has 3 nitrogen and oxygen atoms in total. The largest absolute Gasteiger partial charge is 0.314 e. The standard InChI is InChI=1S/C16H23Cl2N3/c1-11-8-15(17)14(16(18)20-11)10-21-6-4-13(5-7-21)19-9-12-2-3-12/h8,12-13,19H,2-7,9-10H2,1H3. The van der Waals surface area contributed by atoms with E-state index in [0.29, 0.717) is 11.2 Å². The second-order valence-electron chi connectivity index (χ2n) is 6.42. The van der Waals surface area contributed by atoms with Gasteiger partial charge in [-0.05, 0) is 64.2 Å². The minimum Gasteiger partial charge on any atom is -0.314 e. The van der Waals surface area contributed by atoms with Crippen LogP contribution in [0.2, 0.25) is 10.2 Å². The first-order chi connectivity index (χ1) is 10.1. The quantitative estimate of drug-likeness (QED) is 0.836. The molecule has 0 spiro atoms. The molecule has 2 aliphatic rings. The summed E-state index contributed by atoms with van der Waals surface area (Å²) in [6.45, 7) is 6.13. The number of halogens is 2. The summed E-state index contributed by atoms with van der Waals surface area (Å²) in [4.78, 5) is 6.74. The molecule has 0 amide bonds. The van der Waals surface area contributed by atoms with E-state index in [4.69, 9.17) is 23.2 Å². The van der Waals surface area contributed by atoms with Gasteiger partial charge >= 0.3 is 0 Å². The third-order valence-electron chi connectivity index (χ3n) is 4.51. The molecule has 1 saturated carbocycles. The average Bonchev–Trinajstić information content (AvgIpc) is 3.26. The van der Waals surface area contributed by atoms with Crippen LogP contribution in [-0.4, -0.2) is 35.6 Å². The summed E-state index contributed by atoms with van der Waals surface area (Å²) in [5.74, 6) is 0.958. The Morgan fingerprint density at radius 2 is 1.95 bits per heavy atom. The summed E-state index contributed by atoms with van der Waals surface area (Å²) in [7, 11) is 0. The van der Waals surface area contributed by atoms with Gasteiger partial charge in [0.1, 0.15) is 5.15 Å². The fraction of sp³-hybridized carbons (Fsp3) is 0.688. The Hall–Kier alpha value is -0.350. The van der Waals surface area contributed by atoms with Gasteiger partial charge in [-0.1, -0.05) is 23.2 Å². The van der Waals surface area contributed by atoms with E-state index in [0.717, 1.165) is 41.8 Å². The fourth-order valence-corrected chi connectivity index (χ4v) is 3.59. The summed E-state index contributed by atoms with van der Waals surface area (Å²) >= 11 is 12.6. The summed E-state index contributed by atoms with van der Waals surface area (Å²) in [5.41, 5.74) is 1.84.